The lowest BCUT2D eigenvalue weighted by molar-refractivity contribution is -0.137. The van der Waals surface area contributed by atoms with Gasteiger partial charge in [-0.2, -0.15) is 13.2 Å². The largest absolute Gasteiger partial charge is 0.417 e. The fourth-order valence-corrected chi connectivity index (χ4v) is 2.49. The highest BCUT2D eigenvalue weighted by atomic mass is 19.4. The molecule has 0 spiro atoms. The molecule has 1 aromatic carbocycles. The average Bonchev–Trinajstić information content (AvgIpc) is 2.59. The van der Waals surface area contributed by atoms with E-state index in [1.807, 2.05) is 6.92 Å². The monoisotopic (exact) mass is 365 g/mol. The molecule has 0 radical (unpaired) electrons. The summed E-state index contributed by atoms with van der Waals surface area (Å²) in [7, 11) is 0. The van der Waals surface area contributed by atoms with Crippen molar-refractivity contribution >= 4 is 17.7 Å². The van der Waals surface area contributed by atoms with Crippen LogP contribution in [-0.2, 0) is 6.18 Å². The first-order valence-corrected chi connectivity index (χ1v) is 8.22. The number of anilines is 2. The lowest BCUT2D eigenvalue weighted by atomic mass is 10.0. The maximum Gasteiger partial charge on any atom is 0.417 e. The zero-order chi connectivity index (χ0) is 19.2. The second-order valence-corrected chi connectivity index (χ2v) is 5.61. The van der Waals surface area contributed by atoms with Crippen molar-refractivity contribution in [3.63, 3.8) is 0 Å². The van der Waals surface area contributed by atoms with Crippen LogP contribution in [-0.4, -0.2) is 30.5 Å². The van der Waals surface area contributed by atoms with Crippen LogP contribution in [0.25, 0.3) is 11.3 Å². The number of aliphatic imine (C=N–C) groups is 1. The summed E-state index contributed by atoms with van der Waals surface area (Å²) in [6.07, 6.45) is -3.08. The molecule has 2 rings (SSSR count). The third-order valence-electron chi connectivity index (χ3n) is 3.54. The predicted molar refractivity (Wildman–Crippen MR) is 99.5 cm³/mol. The number of nitrogens with two attached hydrogens (primary N) is 1. The third-order valence-corrected chi connectivity index (χ3v) is 3.54. The van der Waals surface area contributed by atoms with Gasteiger partial charge in [-0.3, -0.25) is 4.99 Å². The Hall–Kier alpha value is -2.61. The van der Waals surface area contributed by atoms with Gasteiger partial charge in [-0.05, 0) is 32.2 Å². The van der Waals surface area contributed by atoms with Gasteiger partial charge in [-0.25, -0.2) is 4.98 Å². The van der Waals surface area contributed by atoms with Gasteiger partial charge in [-0.1, -0.05) is 18.2 Å². The Bertz CT molecular complexity index is 759. The van der Waals surface area contributed by atoms with Crippen LogP contribution in [0.2, 0.25) is 0 Å². The summed E-state index contributed by atoms with van der Waals surface area (Å²) in [5.74, 6) is 0.428. The van der Waals surface area contributed by atoms with E-state index in [0.717, 1.165) is 6.07 Å². The van der Waals surface area contributed by atoms with Crippen LogP contribution < -0.4 is 16.4 Å². The first-order chi connectivity index (χ1) is 12.3. The molecule has 26 heavy (non-hydrogen) atoms. The summed E-state index contributed by atoms with van der Waals surface area (Å²) in [6.45, 7) is 4.50. The Kier molecular flexibility index (Phi) is 6.57. The number of alkyl halides is 3. The number of nitrogens with one attached hydrogen (secondary N) is 2. The molecule has 0 amide bonds. The zero-order valence-corrected chi connectivity index (χ0v) is 14.6. The highest BCUT2D eigenvalue weighted by Crippen LogP contribution is 2.37. The minimum atomic E-state index is -4.47. The normalized spacial score (nSPS) is 13.0. The van der Waals surface area contributed by atoms with Crippen LogP contribution in [0.15, 0.2) is 41.4 Å². The molecule has 0 saturated heterocycles. The lowest BCUT2D eigenvalue weighted by Gasteiger charge is -2.16. The molecule has 4 N–H and O–H groups in total. The number of pyridine rings is 1. The number of rotatable bonds is 7. The maximum atomic E-state index is 13.4. The molecule has 5 nitrogen and oxygen atoms in total. The van der Waals surface area contributed by atoms with Crippen LogP contribution in [0, 0.1) is 0 Å². The van der Waals surface area contributed by atoms with Crippen molar-refractivity contribution in [2.24, 2.45) is 10.7 Å². The van der Waals surface area contributed by atoms with Gasteiger partial charge in [0.05, 0.1) is 11.3 Å². The molecular formula is C18H22F3N5. The molecule has 140 valence electrons. The molecule has 2 aromatic rings. The van der Waals surface area contributed by atoms with E-state index in [4.69, 9.17) is 5.73 Å². The Morgan fingerprint density at radius 1 is 1.27 bits per heavy atom. The Labute approximate surface area is 150 Å². The zero-order valence-electron chi connectivity index (χ0n) is 14.6. The summed E-state index contributed by atoms with van der Waals surface area (Å²) in [6, 6.07) is 8.68. The second kappa shape index (κ2) is 8.66. The quantitative estimate of drug-likeness (QED) is 0.649. The molecule has 0 aliphatic heterocycles. The number of nitrogens with zero attached hydrogens (tertiary/aromatic N) is 2. The molecular weight excluding hydrogens is 343 g/mol. The maximum absolute atomic E-state index is 13.4. The standard InChI is InChI=1S/C18H22F3N5/c1-3-23-12(2)25-17-11-13(24-9-8-22)10-16(26-17)14-6-4-5-7-15(14)18(19,20)21/h3-7,10-12H,8-9,22H2,1-2H3,(H2,24,25,26)/b23-3-. The van der Waals surface area contributed by atoms with Gasteiger partial charge in [-0.15, -0.1) is 0 Å². The molecule has 0 aliphatic rings. The minimum Gasteiger partial charge on any atom is -0.384 e. The van der Waals surface area contributed by atoms with E-state index in [0.29, 0.717) is 24.6 Å². The van der Waals surface area contributed by atoms with Gasteiger partial charge in [0.15, 0.2) is 0 Å². The molecule has 0 saturated carbocycles. The van der Waals surface area contributed by atoms with E-state index in [1.165, 1.54) is 12.1 Å². The number of hydrogen-bond donors (Lipinski definition) is 3. The summed E-state index contributed by atoms with van der Waals surface area (Å²) >= 11 is 0. The fraction of sp³-hybridized carbons (Fsp3) is 0.333. The van der Waals surface area contributed by atoms with E-state index < -0.39 is 11.7 Å². The van der Waals surface area contributed by atoms with E-state index in [1.54, 1.807) is 31.3 Å². The third kappa shape index (κ3) is 5.19. The van der Waals surface area contributed by atoms with Gasteiger partial charge in [0.1, 0.15) is 12.0 Å². The molecule has 0 fully saturated rings. The first kappa shape index (κ1) is 19.7. The molecule has 0 bridgehead atoms. The molecule has 1 unspecified atom stereocenters. The van der Waals surface area contributed by atoms with Crippen LogP contribution in [0.3, 0.4) is 0 Å². The summed E-state index contributed by atoms with van der Waals surface area (Å²) in [5.41, 5.74) is 5.64. The highest BCUT2D eigenvalue weighted by Gasteiger charge is 2.33. The van der Waals surface area contributed by atoms with Gasteiger partial charge in [0.2, 0.25) is 0 Å². The van der Waals surface area contributed by atoms with Crippen LogP contribution >= 0.6 is 0 Å². The van der Waals surface area contributed by atoms with Crippen molar-refractivity contribution in [3.05, 3.63) is 42.0 Å². The van der Waals surface area contributed by atoms with Crippen LogP contribution in [0.5, 0.6) is 0 Å². The fourth-order valence-electron chi connectivity index (χ4n) is 2.49. The number of aromatic nitrogens is 1. The SMILES string of the molecule is C/C=N\C(C)Nc1cc(NCCN)cc(-c2ccccc2C(F)(F)F)n1. The topological polar surface area (TPSA) is 75.3 Å². The Morgan fingerprint density at radius 2 is 2.00 bits per heavy atom. The van der Waals surface area contributed by atoms with E-state index >= 15 is 0 Å². The van der Waals surface area contributed by atoms with Crippen molar-refractivity contribution in [1.82, 2.24) is 4.98 Å². The van der Waals surface area contributed by atoms with Gasteiger partial charge >= 0.3 is 6.18 Å². The summed E-state index contributed by atoms with van der Waals surface area (Å²) < 4.78 is 40.1. The molecule has 8 heteroatoms. The smallest absolute Gasteiger partial charge is 0.384 e. The lowest BCUT2D eigenvalue weighted by Crippen LogP contribution is -2.16. The summed E-state index contributed by atoms with van der Waals surface area (Å²) in [5, 5.41) is 6.15. The van der Waals surface area contributed by atoms with Gasteiger partial charge < -0.3 is 16.4 Å². The van der Waals surface area contributed by atoms with Gasteiger partial charge in [0.25, 0.3) is 0 Å². The second-order valence-electron chi connectivity index (χ2n) is 5.61. The van der Waals surface area contributed by atoms with Crippen molar-refractivity contribution < 1.29 is 13.2 Å². The van der Waals surface area contributed by atoms with Crippen molar-refractivity contribution in [2.45, 2.75) is 26.2 Å². The van der Waals surface area contributed by atoms with E-state index in [2.05, 4.69) is 20.6 Å². The molecule has 1 heterocycles. The molecule has 1 aromatic heterocycles. The van der Waals surface area contributed by atoms with Crippen molar-refractivity contribution in [2.75, 3.05) is 23.7 Å². The average molecular weight is 365 g/mol. The number of halogens is 3. The Morgan fingerprint density at radius 3 is 2.65 bits per heavy atom. The van der Waals surface area contributed by atoms with Crippen molar-refractivity contribution in [3.8, 4) is 11.3 Å². The van der Waals surface area contributed by atoms with Crippen molar-refractivity contribution in [1.29, 1.82) is 0 Å². The predicted octanol–water partition coefficient (Wildman–Crippen LogP) is 3.99. The highest BCUT2D eigenvalue weighted by molar-refractivity contribution is 5.71. The summed E-state index contributed by atoms with van der Waals surface area (Å²) in [4.78, 5) is 8.53. The molecule has 1 atom stereocenters. The van der Waals surface area contributed by atoms with Gasteiger partial charge in [0, 0.05) is 30.4 Å². The number of hydrogen-bond acceptors (Lipinski definition) is 5. The minimum absolute atomic E-state index is 0.0195. The van der Waals surface area contributed by atoms with Crippen LogP contribution in [0.4, 0.5) is 24.7 Å². The number of benzene rings is 1. The Balaban J connectivity index is 2.50. The van der Waals surface area contributed by atoms with Crippen LogP contribution in [0.1, 0.15) is 19.4 Å². The van der Waals surface area contributed by atoms with E-state index in [9.17, 15) is 13.2 Å². The molecule has 0 aliphatic carbocycles. The van der Waals surface area contributed by atoms with E-state index in [-0.39, 0.29) is 17.4 Å². The first-order valence-electron chi connectivity index (χ1n) is 8.22.